The van der Waals surface area contributed by atoms with Gasteiger partial charge in [0.15, 0.2) is 5.16 Å². The molecule has 2 aromatic rings. The fourth-order valence-corrected chi connectivity index (χ4v) is 6.28. The number of thiophene rings is 1. The molecule has 1 N–H and O–H groups in total. The SMILES string of the molecule is CCn1c(SCC(=O)NCC2(N3CCOCC3)CCCCC2)nc2ccsc2c1=O. The maximum absolute atomic E-state index is 12.7. The van der Waals surface area contributed by atoms with Crippen molar-refractivity contribution < 1.29 is 9.53 Å². The summed E-state index contributed by atoms with van der Waals surface area (Å²) >= 11 is 2.76. The van der Waals surface area contributed by atoms with Crippen LogP contribution in [-0.2, 0) is 16.1 Å². The summed E-state index contributed by atoms with van der Waals surface area (Å²) < 4.78 is 7.87. The molecule has 1 aliphatic carbocycles. The minimum Gasteiger partial charge on any atom is -0.379 e. The highest BCUT2D eigenvalue weighted by Crippen LogP contribution is 2.34. The van der Waals surface area contributed by atoms with Gasteiger partial charge in [0.1, 0.15) is 4.70 Å². The van der Waals surface area contributed by atoms with Crippen molar-refractivity contribution in [2.75, 3.05) is 38.6 Å². The number of rotatable bonds is 7. The van der Waals surface area contributed by atoms with E-state index in [1.54, 1.807) is 4.57 Å². The van der Waals surface area contributed by atoms with Gasteiger partial charge in [0.2, 0.25) is 5.91 Å². The van der Waals surface area contributed by atoms with Crippen molar-refractivity contribution in [1.29, 1.82) is 0 Å². The largest absolute Gasteiger partial charge is 0.379 e. The summed E-state index contributed by atoms with van der Waals surface area (Å²) in [5, 5.41) is 5.69. The summed E-state index contributed by atoms with van der Waals surface area (Å²) in [5.41, 5.74) is 0.752. The fourth-order valence-electron chi connectivity index (χ4n) is 4.61. The highest BCUT2D eigenvalue weighted by Gasteiger charge is 2.38. The molecule has 3 heterocycles. The molecular formula is C21H30N4O3S2. The van der Waals surface area contributed by atoms with Gasteiger partial charge in [0.05, 0.1) is 24.5 Å². The molecule has 9 heteroatoms. The smallest absolute Gasteiger partial charge is 0.272 e. The first-order valence-electron chi connectivity index (χ1n) is 10.8. The van der Waals surface area contributed by atoms with Crippen LogP contribution < -0.4 is 10.9 Å². The Morgan fingerprint density at radius 1 is 1.30 bits per heavy atom. The minimum atomic E-state index is -0.0196. The molecule has 30 heavy (non-hydrogen) atoms. The van der Waals surface area contributed by atoms with Crippen molar-refractivity contribution in [2.24, 2.45) is 0 Å². The number of hydrogen-bond donors (Lipinski definition) is 1. The highest BCUT2D eigenvalue weighted by atomic mass is 32.2. The van der Waals surface area contributed by atoms with Gasteiger partial charge < -0.3 is 10.1 Å². The molecule has 0 atom stereocenters. The first kappa shape index (κ1) is 21.8. The van der Waals surface area contributed by atoms with E-state index in [1.807, 2.05) is 18.4 Å². The summed E-state index contributed by atoms with van der Waals surface area (Å²) in [6, 6.07) is 1.86. The van der Waals surface area contributed by atoms with Crippen molar-refractivity contribution in [3.8, 4) is 0 Å². The zero-order chi connectivity index (χ0) is 21.0. The van der Waals surface area contributed by atoms with Crippen LogP contribution in [0.15, 0.2) is 21.4 Å². The van der Waals surface area contributed by atoms with Crippen molar-refractivity contribution in [1.82, 2.24) is 19.8 Å². The van der Waals surface area contributed by atoms with Gasteiger partial charge >= 0.3 is 0 Å². The van der Waals surface area contributed by atoms with Crippen LogP contribution in [0.5, 0.6) is 0 Å². The highest BCUT2D eigenvalue weighted by molar-refractivity contribution is 7.99. The number of fused-ring (bicyclic) bond motifs is 1. The molecule has 1 amide bonds. The van der Waals surface area contributed by atoms with Crippen LogP contribution >= 0.6 is 23.1 Å². The molecule has 1 saturated heterocycles. The molecule has 2 fully saturated rings. The van der Waals surface area contributed by atoms with E-state index in [4.69, 9.17) is 4.74 Å². The number of carbonyl (C=O) groups is 1. The molecule has 0 bridgehead atoms. The maximum atomic E-state index is 12.7. The zero-order valence-electron chi connectivity index (χ0n) is 17.5. The van der Waals surface area contributed by atoms with Crippen LogP contribution in [0.3, 0.4) is 0 Å². The lowest BCUT2D eigenvalue weighted by molar-refractivity contribution is -0.119. The number of amides is 1. The predicted octanol–water partition coefficient (Wildman–Crippen LogP) is 2.72. The number of aromatic nitrogens is 2. The summed E-state index contributed by atoms with van der Waals surface area (Å²) in [7, 11) is 0. The van der Waals surface area contributed by atoms with Gasteiger partial charge in [0, 0.05) is 31.7 Å². The van der Waals surface area contributed by atoms with Gasteiger partial charge in [-0.3, -0.25) is 19.1 Å². The van der Waals surface area contributed by atoms with Crippen LogP contribution in [-0.4, -0.2) is 64.5 Å². The fraction of sp³-hybridized carbons (Fsp3) is 0.667. The lowest BCUT2D eigenvalue weighted by Gasteiger charge is -2.48. The summed E-state index contributed by atoms with van der Waals surface area (Å²) in [6.45, 7) is 6.60. The van der Waals surface area contributed by atoms with E-state index in [0.717, 1.165) is 39.1 Å². The topological polar surface area (TPSA) is 76.5 Å². The van der Waals surface area contributed by atoms with E-state index < -0.39 is 0 Å². The third-order valence-corrected chi connectivity index (χ3v) is 8.13. The molecule has 0 radical (unpaired) electrons. The number of hydrogen-bond acceptors (Lipinski definition) is 7. The molecule has 0 spiro atoms. The van der Waals surface area contributed by atoms with Crippen LogP contribution in [0.2, 0.25) is 0 Å². The lowest BCUT2D eigenvalue weighted by atomic mass is 9.79. The quantitative estimate of drug-likeness (QED) is 0.516. The maximum Gasteiger partial charge on any atom is 0.272 e. The Labute approximate surface area is 185 Å². The molecule has 1 saturated carbocycles. The number of morpholine rings is 1. The second kappa shape index (κ2) is 9.80. The second-order valence-corrected chi connectivity index (χ2v) is 9.89. The molecule has 1 aliphatic heterocycles. The monoisotopic (exact) mass is 450 g/mol. The normalized spacial score (nSPS) is 19.8. The standard InChI is InChI=1S/C21H30N4O3S2/c1-2-25-19(27)18-16(6-13-29-18)23-20(25)30-14-17(26)22-15-21(7-4-3-5-8-21)24-9-11-28-12-10-24/h6,13H,2-5,7-12,14-15H2,1H3,(H,22,26). The molecule has 0 unspecified atom stereocenters. The number of nitrogens with zero attached hydrogens (tertiary/aromatic N) is 3. The number of carbonyl (C=O) groups excluding carboxylic acids is 1. The Hall–Kier alpha value is -1.42. The van der Waals surface area contributed by atoms with E-state index >= 15 is 0 Å². The number of thioether (sulfide) groups is 1. The lowest BCUT2D eigenvalue weighted by Crippen LogP contribution is -2.59. The van der Waals surface area contributed by atoms with Gasteiger partial charge in [-0.2, -0.15) is 0 Å². The Balaban J connectivity index is 1.39. The molecule has 4 rings (SSSR count). The Morgan fingerprint density at radius 3 is 2.80 bits per heavy atom. The second-order valence-electron chi connectivity index (χ2n) is 8.03. The average molecular weight is 451 g/mol. The first-order chi connectivity index (χ1) is 14.6. The average Bonchev–Trinajstić information content (AvgIpc) is 3.26. The Morgan fingerprint density at radius 2 is 2.07 bits per heavy atom. The van der Waals surface area contributed by atoms with E-state index in [9.17, 15) is 9.59 Å². The van der Waals surface area contributed by atoms with E-state index in [0.29, 0.717) is 28.5 Å². The molecule has 2 aliphatic rings. The van der Waals surface area contributed by atoms with Gasteiger partial charge in [0.25, 0.3) is 5.56 Å². The third-order valence-electron chi connectivity index (χ3n) is 6.26. The Bertz CT molecular complexity index is 930. The molecule has 0 aromatic carbocycles. The summed E-state index contributed by atoms with van der Waals surface area (Å²) in [4.78, 5) is 32.5. The predicted molar refractivity (Wildman–Crippen MR) is 121 cm³/mol. The minimum absolute atomic E-state index is 0.000487. The summed E-state index contributed by atoms with van der Waals surface area (Å²) in [6.07, 6.45) is 5.98. The van der Waals surface area contributed by atoms with Gasteiger partial charge in [-0.25, -0.2) is 4.98 Å². The first-order valence-corrected chi connectivity index (χ1v) is 12.7. The van der Waals surface area contributed by atoms with Gasteiger partial charge in [-0.15, -0.1) is 11.3 Å². The van der Waals surface area contributed by atoms with Crippen molar-refractivity contribution in [2.45, 2.75) is 56.3 Å². The Kier molecular flexibility index (Phi) is 7.12. The van der Waals surface area contributed by atoms with E-state index in [1.165, 1.54) is 42.4 Å². The number of ether oxygens (including phenoxy) is 1. The summed E-state index contributed by atoms with van der Waals surface area (Å²) in [5.74, 6) is 0.266. The van der Waals surface area contributed by atoms with Gasteiger partial charge in [-0.1, -0.05) is 31.0 Å². The number of nitrogens with one attached hydrogen (secondary N) is 1. The van der Waals surface area contributed by atoms with E-state index in [2.05, 4.69) is 15.2 Å². The van der Waals surface area contributed by atoms with Crippen molar-refractivity contribution in [3.63, 3.8) is 0 Å². The van der Waals surface area contributed by atoms with Crippen LogP contribution in [0.4, 0.5) is 0 Å². The van der Waals surface area contributed by atoms with Crippen LogP contribution in [0.25, 0.3) is 10.2 Å². The van der Waals surface area contributed by atoms with Gasteiger partial charge in [-0.05, 0) is 31.2 Å². The van der Waals surface area contributed by atoms with Crippen molar-refractivity contribution >= 4 is 39.2 Å². The van der Waals surface area contributed by atoms with Crippen LogP contribution in [0, 0.1) is 0 Å². The van der Waals surface area contributed by atoms with Crippen molar-refractivity contribution in [3.05, 3.63) is 21.8 Å². The van der Waals surface area contributed by atoms with E-state index in [-0.39, 0.29) is 22.8 Å². The zero-order valence-corrected chi connectivity index (χ0v) is 19.2. The molecule has 2 aromatic heterocycles. The molecule has 164 valence electrons. The molecule has 7 nitrogen and oxygen atoms in total. The molecular weight excluding hydrogens is 420 g/mol. The van der Waals surface area contributed by atoms with Crippen LogP contribution in [0.1, 0.15) is 39.0 Å². The third kappa shape index (κ3) is 4.59.